The largest absolute Gasteiger partial charge is 0.366 e. The quantitative estimate of drug-likeness (QED) is 0.510. The highest BCUT2D eigenvalue weighted by Crippen LogP contribution is 2.17. The second-order valence-electron chi connectivity index (χ2n) is 5.59. The summed E-state index contributed by atoms with van der Waals surface area (Å²) in [5.74, 6) is -5.40. The first kappa shape index (κ1) is 18.4. The number of benzene rings is 2. The predicted octanol–water partition coefficient (Wildman–Crippen LogP) is 4.50. The molecule has 3 rings (SSSR count). The molecule has 2 aromatic carbocycles. The average molecular weight is 375 g/mol. The molecular formula is C19H13F4N3O. The molecule has 27 heavy (non-hydrogen) atoms. The third kappa shape index (κ3) is 4.41. The summed E-state index contributed by atoms with van der Waals surface area (Å²) in [5.41, 5.74) is 0.480. The Labute approximate surface area is 151 Å². The van der Waals surface area contributed by atoms with Crippen LogP contribution >= 0.6 is 0 Å². The first-order valence-electron chi connectivity index (χ1n) is 7.83. The fourth-order valence-corrected chi connectivity index (χ4v) is 2.27. The number of nitrogens with zero attached hydrogens (tertiary/aromatic N) is 1. The molecule has 1 amide bonds. The van der Waals surface area contributed by atoms with Crippen LogP contribution in [0.25, 0.3) is 0 Å². The van der Waals surface area contributed by atoms with Gasteiger partial charge in [0.05, 0.1) is 17.4 Å². The van der Waals surface area contributed by atoms with E-state index in [0.29, 0.717) is 18.4 Å². The average Bonchev–Trinajstić information content (AvgIpc) is 2.67. The lowest BCUT2D eigenvalue weighted by molar-refractivity contribution is 0.102. The molecular weight excluding hydrogens is 362 g/mol. The lowest BCUT2D eigenvalue weighted by Gasteiger charge is -2.09. The van der Waals surface area contributed by atoms with E-state index in [4.69, 9.17) is 0 Å². The molecule has 4 nitrogen and oxygen atoms in total. The lowest BCUT2D eigenvalue weighted by atomic mass is 10.2. The van der Waals surface area contributed by atoms with Crippen LogP contribution in [0.4, 0.5) is 29.1 Å². The number of aromatic nitrogens is 1. The highest BCUT2D eigenvalue weighted by molar-refractivity contribution is 6.04. The summed E-state index contributed by atoms with van der Waals surface area (Å²) in [6, 6.07) is 10.6. The molecule has 1 aromatic heterocycles. The van der Waals surface area contributed by atoms with Gasteiger partial charge in [-0.15, -0.1) is 0 Å². The van der Waals surface area contributed by atoms with Gasteiger partial charge in [-0.3, -0.25) is 4.79 Å². The standard InChI is InChI=1S/C19H13F4N3O/c20-12-3-1-11(2-4-12)9-24-16-8-5-13(10-25-16)26-19(27)14-6-7-15(21)18(23)17(14)22/h1-8,10H,9H2,(H,24,25)(H,26,27). The highest BCUT2D eigenvalue weighted by atomic mass is 19.2. The second kappa shape index (κ2) is 7.86. The van der Waals surface area contributed by atoms with E-state index in [1.807, 2.05) is 0 Å². The predicted molar refractivity (Wildman–Crippen MR) is 92.2 cm³/mol. The van der Waals surface area contributed by atoms with Crippen molar-refractivity contribution >= 4 is 17.4 Å². The molecule has 138 valence electrons. The molecule has 0 saturated heterocycles. The number of carbonyl (C=O) groups excluding carboxylic acids is 1. The number of amides is 1. The number of anilines is 2. The van der Waals surface area contributed by atoms with Crippen LogP contribution in [-0.4, -0.2) is 10.9 Å². The van der Waals surface area contributed by atoms with Gasteiger partial charge in [-0.1, -0.05) is 12.1 Å². The molecule has 0 fully saturated rings. The SMILES string of the molecule is O=C(Nc1ccc(NCc2ccc(F)cc2)nc1)c1ccc(F)c(F)c1F. The van der Waals surface area contributed by atoms with Crippen molar-refractivity contribution in [2.24, 2.45) is 0 Å². The fraction of sp³-hybridized carbons (Fsp3) is 0.0526. The summed E-state index contributed by atoms with van der Waals surface area (Å²) < 4.78 is 52.6. The number of rotatable bonds is 5. The molecule has 0 bridgehead atoms. The number of hydrogen-bond acceptors (Lipinski definition) is 3. The maximum Gasteiger partial charge on any atom is 0.258 e. The molecule has 0 aliphatic carbocycles. The van der Waals surface area contributed by atoms with Crippen LogP contribution in [0.1, 0.15) is 15.9 Å². The summed E-state index contributed by atoms with van der Waals surface area (Å²) in [4.78, 5) is 16.1. The van der Waals surface area contributed by atoms with Gasteiger partial charge in [-0.2, -0.15) is 0 Å². The Morgan fingerprint density at radius 2 is 1.63 bits per heavy atom. The summed E-state index contributed by atoms with van der Waals surface area (Å²) in [6.07, 6.45) is 1.32. The van der Waals surface area contributed by atoms with E-state index >= 15 is 0 Å². The number of pyridine rings is 1. The third-order valence-electron chi connectivity index (χ3n) is 3.69. The van der Waals surface area contributed by atoms with Gasteiger partial charge in [0.2, 0.25) is 0 Å². The molecule has 1 heterocycles. The summed E-state index contributed by atoms with van der Waals surface area (Å²) >= 11 is 0. The molecule has 3 aromatic rings. The monoisotopic (exact) mass is 375 g/mol. The Hall–Kier alpha value is -3.42. The Kier molecular flexibility index (Phi) is 5.35. The van der Waals surface area contributed by atoms with Crippen LogP contribution in [0.5, 0.6) is 0 Å². The van der Waals surface area contributed by atoms with Crippen molar-refractivity contribution in [1.82, 2.24) is 4.98 Å². The van der Waals surface area contributed by atoms with Crippen molar-refractivity contribution in [1.29, 1.82) is 0 Å². The van der Waals surface area contributed by atoms with Gasteiger partial charge in [0, 0.05) is 6.54 Å². The maximum atomic E-state index is 13.6. The van der Waals surface area contributed by atoms with E-state index in [1.165, 1.54) is 24.4 Å². The van der Waals surface area contributed by atoms with Crippen LogP contribution in [0.15, 0.2) is 54.7 Å². The van der Waals surface area contributed by atoms with Crippen molar-refractivity contribution < 1.29 is 22.4 Å². The molecule has 2 N–H and O–H groups in total. The minimum Gasteiger partial charge on any atom is -0.366 e. The molecule has 0 saturated carbocycles. The normalized spacial score (nSPS) is 10.5. The van der Waals surface area contributed by atoms with Gasteiger partial charge in [-0.25, -0.2) is 22.5 Å². The molecule has 0 aliphatic rings. The van der Waals surface area contributed by atoms with E-state index in [-0.39, 0.29) is 11.5 Å². The van der Waals surface area contributed by atoms with Gasteiger partial charge < -0.3 is 10.6 Å². The van der Waals surface area contributed by atoms with E-state index in [2.05, 4.69) is 15.6 Å². The number of halogens is 4. The van der Waals surface area contributed by atoms with Crippen LogP contribution in [-0.2, 0) is 6.54 Å². The number of carbonyl (C=O) groups is 1. The van der Waals surface area contributed by atoms with E-state index in [1.54, 1.807) is 18.2 Å². The number of hydrogen-bond donors (Lipinski definition) is 2. The van der Waals surface area contributed by atoms with Gasteiger partial charge in [0.25, 0.3) is 5.91 Å². The Morgan fingerprint density at radius 1 is 0.889 bits per heavy atom. The molecule has 0 aliphatic heterocycles. The summed E-state index contributed by atoms with van der Waals surface area (Å²) in [5, 5.41) is 5.37. The van der Waals surface area contributed by atoms with Crippen molar-refractivity contribution in [3.05, 3.63) is 89.1 Å². The van der Waals surface area contributed by atoms with E-state index in [9.17, 15) is 22.4 Å². The van der Waals surface area contributed by atoms with Crippen molar-refractivity contribution in [3.63, 3.8) is 0 Å². The molecule has 0 atom stereocenters. The second-order valence-corrected chi connectivity index (χ2v) is 5.59. The van der Waals surface area contributed by atoms with Crippen LogP contribution < -0.4 is 10.6 Å². The summed E-state index contributed by atoms with van der Waals surface area (Å²) in [7, 11) is 0. The van der Waals surface area contributed by atoms with Gasteiger partial charge >= 0.3 is 0 Å². The zero-order chi connectivity index (χ0) is 19.4. The van der Waals surface area contributed by atoms with Crippen molar-refractivity contribution in [3.8, 4) is 0 Å². The zero-order valence-corrected chi connectivity index (χ0v) is 13.8. The van der Waals surface area contributed by atoms with Gasteiger partial charge in [-0.05, 0) is 42.0 Å². The smallest absolute Gasteiger partial charge is 0.258 e. The molecule has 8 heteroatoms. The van der Waals surface area contributed by atoms with Crippen LogP contribution in [0, 0.1) is 23.3 Å². The first-order chi connectivity index (χ1) is 12.9. The van der Waals surface area contributed by atoms with Gasteiger partial charge in [0.15, 0.2) is 17.5 Å². The fourth-order valence-electron chi connectivity index (χ4n) is 2.27. The van der Waals surface area contributed by atoms with Crippen LogP contribution in [0.2, 0.25) is 0 Å². The molecule has 0 unspecified atom stereocenters. The highest BCUT2D eigenvalue weighted by Gasteiger charge is 2.18. The van der Waals surface area contributed by atoms with E-state index in [0.717, 1.165) is 11.6 Å². The van der Waals surface area contributed by atoms with E-state index < -0.39 is 28.9 Å². The minimum absolute atomic E-state index is 0.247. The lowest BCUT2D eigenvalue weighted by Crippen LogP contribution is -2.15. The van der Waals surface area contributed by atoms with Gasteiger partial charge in [0.1, 0.15) is 11.6 Å². The number of nitrogens with one attached hydrogen (secondary N) is 2. The van der Waals surface area contributed by atoms with Crippen molar-refractivity contribution in [2.45, 2.75) is 6.54 Å². The summed E-state index contributed by atoms with van der Waals surface area (Å²) in [6.45, 7) is 0.416. The van der Waals surface area contributed by atoms with Crippen LogP contribution in [0.3, 0.4) is 0 Å². The Bertz CT molecular complexity index is 960. The topological polar surface area (TPSA) is 54.0 Å². The Balaban J connectivity index is 1.62. The third-order valence-corrected chi connectivity index (χ3v) is 3.69. The first-order valence-corrected chi connectivity index (χ1v) is 7.83. The maximum absolute atomic E-state index is 13.6. The molecule has 0 spiro atoms. The Morgan fingerprint density at radius 3 is 2.30 bits per heavy atom. The zero-order valence-electron chi connectivity index (χ0n) is 13.8. The van der Waals surface area contributed by atoms with Crippen molar-refractivity contribution in [2.75, 3.05) is 10.6 Å². The molecule has 0 radical (unpaired) electrons. The minimum atomic E-state index is -1.71.